The second kappa shape index (κ2) is 8.41. The minimum absolute atomic E-state index is 0.0885. The van der Waals surface area contributed by atoms with E-state index >= 15 is 0 Å². The van der Waals surface area contributed by atoms with E-state index in [1.54, 1.807) is 19.2 Å². The summed E-state index contributed by atoms with van der Waals surface area (Å²) in [4.78, 5) is 35.9. The van der Waals surface area contributed by atoms with Gasteiger partial charge in [-0.25, -0.2) is 24.9 Å². The molecule has 1 aliphatic carbocycles. The molecule has 1 amide bonds. The predicted molar refractivity (Wildman–Crippen MR) is 135 cm³/mol. The number of amides is 1. The van der Waals surface area contributed by atoms with Gasteiger partial charge in [-0.2, -0.15) is 0 Å². The van der Waals surface area contributed by atoms with Crippen molar-refractivity contribution >= 4 is 34.8 Å². The highest BCUT2D eigenvalue weighted by Crippen LogP contribution is 2.45. The molecule has 0 aromatic carbocycles. The van der Waals surface area contributed by atoms with Crippen LogP contribution in [0.4, 0.5) is 11.6 Å². The number of nitrogen functional groups attached to an aromatic ring is 1. The number of anilines is 2. The summed E-state index contributed by atoms with van der Waals surface area (Å²) in [6.07, 6.45) is 12.5. The Hall–Kier alpha value is -3.79. The average molecular weight is 505 g/mol. The number of nitrogens with two attached hydrogens (primary N) is 1. The Morgan fingerprint density at radius 3 is 2.78 bits per heavy atom. The molecule has 0 spiro atoms. The first-order valence-corrected chi connectivity index (χ1v) is 12.4. The summed E-state index contributed by atoms with van der Waals surface area (Å²) < 4.78 is 1.93. The van der Waals surface area contributed by atoms with Crippen molar-refractivity contribution in [1.29, 1.82) is 0 Å². The molecule has 1 fully saturated rings. The number of carbonyl (C=O) groups is 1. The smallest absolute Gasteiger partial charge is 0.242 e. The second-order valence-corrected chi connectivity index (χ2v) is 10.1. The van der Waals surface area contributed by atoms with Crippen LogP contribution in [-0.2, 0) is 16.6 Å². The Balaban J connectivity index is 1.43. The van der Waals surface area contributed by atoms with Gasteiger partial charge >= 0.3 is 0 Å². The molecule has 36 heavy (non-hydrogen) atoms. The molecule has 0 radical (unpaired) electrons. The molecule has 1 unspecified atom stereocenters. The molecule has 0 bridgehead atoms. The van der Waals surface area contributed by atoms with Crippen molar-refractivity contribution in [2.45, 2.75) is 50.9 Å². The van der Waals surface area contributed by atoms with Crippen molar-refractivity contribution in [2.24, 2.45) is 5.92 Å². The number of aromatic hydroxyl groups is 1. The second-order valence-electron chi connectivity index (χ2n) is 9.68. The van der Waals surface area contributed by atoms with E-state index in [9.17, 15) is 9.90 Å². The Morgan fingerprint density at radius 1 is 1.19 bits per heavy atom. The highest BCUT2D eigenvalue weighted by molar-refractivity contribution is 6.31. The van der Waals surface area contributed by atoms with Crippen LogP contribution in [-0.4, -0.2) is 40.3 Å². The maximum atomic E-state index is 13.1. The minimum atomic E-state index is -1.30. The van der Waals surface area contributed by atoms with Crippen molar-refractivity contribution in [1.82, 2.24) is 29.3 Å². The first-order valence-electron chi connectivity index (χ1n) is 12.0. The standard InChI is InChI=1S/C25H25ClN8O2/c1-25(17-8-7-14(26)23(35)30-17)18-19(27)31-20(32-21(18)33-24(25)36)16-12-34-10-9-28-22(34)15(29-16)11-13-5-3-2-4-6-13/h7-10,12-13H,2-6,11H2,1H3,(H,30,35)(H3,27,31,32,33,36). The fraction of sp³-hybridized carbons (Fsp3) is 0.360. The van der Waals surface area contributed by atoms with Crippen LogP contribution >= 0.6 is 11.6 Å². The van der Waals surface area contributed by atoms with Crippen molar-refractivity contribution in [3.63, 3.8) is 0 Å². The van der Waals surface area contributed by atoms with Crippen LogP contribution in [0.3, 0.4) is 0 Å². The Labute approximate surface area is 212 Å². The number of pyridine rings is 1. The van der Waals surface area contributed by atoms with Crippen LogP contribution < -0.4 is 11.1 Å². The van der Waals surface area contributed by atoms with Gasteiger partial charge < -0.3 is 20.6 Å². The van der Waals surface area contributed by atoms with Crippen LogP contribution in [0.25, 0.3) is 17.2 Å². The predicted octanol–water partition coefficient (Wildman–Crippen LogP) is 3.90. The van der Waals surface area contributed by atoms with Crippen molar-refractivity contribution in [2.75, 3.05) is 11.1 Å². The number of hydrogen-bond acceptors (Lipinski definition) is 8. The topological polar surface area (TPSA) is 144 Å². The highest BCUT2D eigenvalue weighted by Gasteiger charge is 2.49. The summed E-state index contributed by atoms with van der Waals surface area (Å²) in [5.41, 5.74) is 8.10. The van der Waals surface area contributed by atoms with Gasteiger partial charge in [0.25, 0.3) is 0 Å². The number of imidazole rings is 1. The normalized spacial score (nSPS) is 20.0. The summed E-state index contributed by atoms with van der Waals surface area (Å²) in [5.74, 6) is 0.576. The van der Waals surface area contributed by atoms with E-state index in [1.165, 1.54) is 38.2 Å². The summed E-state index contributed by atoms with van der Waals surface area (Å²) >= 11 is 5.92. The van der Waals surface area contributed by atoms with E-state index in [0.29, 0.717) is 28.8 Å². The van der Waals surface area contributed by atoms with Crippen LogP contribution in [0.2, 0.25) is 5.02 Å². The Kier molecular flexibility index (Phi) is 5.29. The van der Waals surface area contributed by atoms with Gasteiger partial charge in [0.15, 0.2) is 11.5 Å². The number of nitrogens with zero attached hydrogens (tertiary/aromatic N) is 6. The van der Waals surface area contributed by atoms with E-state index < -0.39 is 5.41 Å². The van der Waals surface area contributed by atoms with Gasteiger partial charge in [0, 0.05) is 18.6 Å². The molecule has 0 saturated heterocycles. The third-order valence-corrected chi connectivity index (χ3v) is 7.64. The van der Waals surface area contributed by atoms with E-state index in [2.05, 4.69) is 25.3 Å². The molecule has 1 saturated carbocycles. The van der Waals surface area contributed by atoms with Crippen LogP contribution in [0, 0.1) is 5.92 Å². The molecule has 4 aromatic rings. The number of hydrogen-bond donors (Lipinski definition) is 3. The molecule has 4 N–H and O–H groups in total. The molecule has 2 aliphatic rings. The molecule has 184 valence electrons. The van der Waals surface area contributed by atoms with E-state index in [0.717, 1.165) is 17.8 Å². The lowest BCUT2D eigenvalue weighted by Crippen LogP contribution is -2.33. The zero-order valence-corrected chi connectivity index (χ0v) is 20.5. The molecule has 10 nitrogen and oxygen atoms in total. The van der Waals surface area contributed by atoms with Gasteiger partial charge in [-0.15, -0.1) is 0 Å². The van der Waals surface area contributed by atoms with Gasteiger partial charge in [0.2, 0.25) is 11.8 Å². The molecule has 1 atom stereocenters. The van der Waals surface area contributed by atoms with E-state index in [-0.39, 0.29) is 28.3 Å². The minimum Gasteiger partial charge on any atom is -0.492 e. The van der Waals surface area contributed by atoms with Gasteiger partial charge in [-0.05, 0) is 31.4 Å². The van der Waals surface area contributed by atoms with E-state index in [1.807, 2.05) is 16.8 Å². The van der Waals surface area contributed by atoms with Crippen molar-refractivity contribution < 1.29 is 9.90 Å². The summed E-state index contributed by atoms with van der Waals surface area (Å²) in [6.45, 7) is 1.67. The number of halogens is 1. The fourth-order valence-corrected chi connectivity index (χ4v) is 5.49. The third kappa shape index (κ3) is 3.55. The Bertz CT molecular complexity index is 1510. The zero-order chi connectivity index (χ0) is 25.0. The first-order chi connectivity index (χ1) is 17.3. The number of carbonyl (C=O) groups excluding carboxylic acids is 1. The maximum absolute atomic E-state index is 13.1. The fourth-order valence-electron chi connectivity index (χ4n) is 5.38. The average Bonchev–Trinajstić information content (AvgIpc) is 3.44. The van der Waals surface area contributed by atoms with Gasteiger partial charge in [0.1, 0.15) is 27.8 Å². The summed E-state index contributed by atoms with van der Waals surface area (Å²) in [6, 6.07) is 3.06. The van der Waals surface area contributed by atoms with Crippen molar-refractivity contribution in [3.8, 4) is 17.4 Å². The van der Waals surface area contributed by atoms with Crippen LogP contribution in [0.5, 0.6) is 5.88 Å². The number of aromatic nitrogens is 6. The monoisotopic (exact) mass is 504 g/mol. The molecule has 5 heterocycles. The van der Waals surface area contributed by atoms with Crippen LogP contribution in [0.15, 0.2) is 30.7 Å². The highest BCUT2D eigenvalue weighted by atomic mass is 35.5. The van der Waals surface area contributed by atoms with Crippen molar-refractivity contribution in [3.05, 3.63) is 52.7 Å². The summed E-state index contributed by atoms with van der Waals surface area (Å²) in [7, 11) is 0. The lowest BCUT2D eigenvalue weighted by molar-refractivity contribution is -0.119. The van der Waals surface area contributed by atoms with Gasteiger partial charge in [-0.3, -0.25) is 4.79 Å². The maximum Gasteiger partial charge on any atom is 0.242 e. The van der Waals surface area contributed by atoms with Gasteiger partial charge in [-0.1, -0.05) is 43.7 Å². The first kappa shape index (κ1) is 22.7. The molecular weight excluding hydrogens is 480 g/mol. The van der Waals surface area contributed by atoms with Gasteiger partial charge in [0.05, 0.1) is 17.0 Å². The largest absolute Gasteiger partial charge is 0.492 e. The quantitative estimate of drug-likeness (QED) is 0.379. The lowest BCUT2D eigenvalue weighted by atomic mass is 9.81. The molecule has 6 rings (SSSR count). The molecule has 1 aliphatic heterocycles. The van der Waals surface area contributed by atoms with E-state index in [4.69, 9.17) is 22.3 Å². The zero-order valence-electron chi connectivity index (χ0n) is 19.7. The lowest BCUT2D eigenvalue weighted by Gasteiger charge is -2.22. The number of rotatable bonds is 4. The third-order valence-electron chi connectivity index (χ3n) is 7.34. The summed E-state index contributed by atoms with van der Waals surface area (Å²) in [5, 5.41) is 12.9. The Morgan fingerprint density at radius 2 is 2.00 bits per heavy atom. The molecule has 11 heteroatoms. The number of nitrogens with one attached hydrogen (secondary N) is 1. The number of fused-ring (bicyclic) bond motifs is 2. The van der Waals surface area contributed by atoms with Crippen LogP contribution in [0.1, 0.15) is 56.0 Å². The SMILES string of the molecule is CC1(c2ccc(Cl)c(O)n2)C(=O)Nc2nc(-c3cn4ccnc4c(CC4CCCCC4)n3)nc(N)c21. The molecule has 4 aromatic heterocycles. The molecular formula is C25H25ClN8O2.